The second kappa shape index (κ2) is 40.5. The van der Waals surface area contributed by atoms with Gasteiger partial charge in [0.15, 0.2) is 0 Å². The fourth-order valence-electron chi connectivity index (χ4n) is 15.2. The SMILES string of the molecule is CC.CC.CC.CC.CC.CC.CC.CC.CC.CC.CC.CC.CC1n2c(nc3c4ccccc4c4ccccc4c32)-c2ccc3ccccc3[n+]21.CC1n2c(nc3cc4c(cc32)C(C)(C)c2ccccc2-4)-c2ccc3ccccc3[n+]21.CC1n2c(nc3cc4ccccc4cc32)-c2ccc3ccccc3[n+]21. The maximum atomic E-state index is 5.21. The molecular formula is C99H128N9+3. The molecular weight excluding hydrogens is 1320 g/mol. The summed E-state index contributed by atoms with van der Waals surface area (Å²) < 4.78 is 14.4. The normalized spacial score (nSPS) is 13.4. The van der Waals surface area contributed by atoms with Gasteiger partial charge in [0.25, 0.3) is 17.1 Å². The molecule has 0 saturated heterocycles. The van der Waals surface area contributed by atoms with Crippen LogP contribution in [0.5, 0.6) is 0 Å². The van der Waals surface area contributed by atoms with Gasteiger partial charge in [-0.1, -0.05) is 313 Å². The van der Waals surface area contributed by atoms with Crippen molar-refractivity contribution >= 4 is 98.1 Å². The Morgan fingerprint density at radius 3 is 1.05 bits per heavy atom. The van der Waals surface area contributed by atoms with Gasteiger partial charge in [0.1, 0.15) is 0 Å². The number of hydrogen-bond donors (Lipinski definition) is 0. The number of nitrogens with zero attached hydrogens (tertiary/aromatic N) is 9. The molecule has 20 rings (SSSR count). The first-order valence-corrected chi connectivity index (χ1v) is 41.4. The van der Waals surface area contributed by atoms with Crippen molar-refractivity contribution < 1.29 is 13.7 Å². The lowest BCUT2D eigenvalue weighted by Gasteiger charge is -2.21. The van der Waals surface area contributed by atoms with E-state index in [0.717, 1.165) is 34.0 Å². The van der Waals surface area contributed by atoms with Crippen molar-refractivity contribution in [1.82, 2.24) is 28.7 Å². The van der Waals surface area contributed by atoms with Crippen LogP contribution in [0.25, 0.3) is 144 Å². The van der Waals surface area contributed by atoms with Crippen LogP contribution in [0.2, 0.25) is 0 Å². The van der Waals surface area contributed by atoms with Crippen LogP contribution >= 0.6 is 0 Å². The minimum atomic E-state index is -0.000632. The topological polar surface area (TPSA) is 65.1 Å². The maximum Gasteiger partial charge on any atom is 0.251 e. The van der Waals surface area contributed by atoms with E-state index >= 15 is 0 Å². The van der Waals surface area contributed by atoms with Crippen molar-refractivity contribution in [1.29, 1.82) is 0 Å². The number of hydrogen-bond acceptors (Lipinski definition) is 3. The summed E-state index contributed by atoms with van der Waals surface area (Å²) in [6.45, 7) is 59.5. The van der Waals surface area contributed by atoms with Crippen LogP contribution < -0.4 is 13.7 Å². The molecule has 0 radical (unpaired) electrons. The highest BCUT2D eigenvalue weighted by molar-refractivity contribution is 6.24. The van der Waals surface area contributed by atoms with E-state index in [1.165, 1.54) is 121 Å². The summed E-state index contributed by atoms with van der Waals surface area (Å²) in [7, 11) is 0. The molecule has 0 fully saturated rings. The van der Waals surface area contributed by atoms with Crippen molar-refractivity contribution in [3.05, 3.63) is 242 Å². The highest BCUT2D eigenvalue weighted by atomic mass is 15.3. The minimum Gasteiger partial charge on any atom is -0.259 e. The Balaban J connectivity index is 0.000000223. The molecule has 10 aromatic carbocycles. The standard InChI is InChI=1S/C27H22N3.C26H18N3.C22H16N3.12C2H6/c1-16-29-23-11-7-4-8-17(23)12-13-24(29)26-28-22-14-19-18-9-5-6-10-20(18)27(2,3)21(19)15-25(22)30(16)26;1-16-28-22-13-7-2-8-17(22)14-15-23(28)26-27-24-20-11-5-3-9-18(20)19-10-4-6-12-21(19)25(24)29(16)26;1-14-24-19-9-5-4-6-15(19)10-11-20(24)22-23-18-12-16-7-2-3-8-17(16)13-21(18)25(14)22;12*1-2/h4-16H,1-3H3;2-16H,1H3;2-14H,1H3;12*1-2H3/q3*+1;;;;;;;;;;;;. The number of fused-ring (bicyclic) bond motifs is 30. The summed E-state index contributed by atoms with van der Waals surface area (Å²) in [6, 6.07) is 82.9. The minimum absolute atomic E-state index is 0.000632. The Hall–Kier alpha value is -10.4. The van der Waals surface area contributed by atoms with Gasteiger partial charge in [0.05, 0.1) is 33.1 Å². The van der Waals surface area contributed by atoms with Gasteiger partial charge in [-0.05, 0) is 104 Å². The average Bonchev–Trinajstić information content (AvgIpc) is 1.56. The second-order valence-electron chi connectivity index (χ2n) is 23.8. The highest BCUT2D eigenvalue weighted by Crippen LogP contribution is 2.51. The quantitative estimate of drug-likeness (QED) is 0.112. The van der Waals surface area contributed by atoms with Gasteiger partial charge >= 0.3 is 0 Å². The first kappa shape index (κ1) is 86.5. The van der Waals surface area contributed by atoms with Crippen LogP contribution in [0.15, 0.2) is 231 Å². The van der Waals surface area contributed by atoms with E-state index in [1.54, 1.807) is 0 Å². The van der Waals surface area contributed by atoms with Crippen molar-refractivity contribution in [3.63, 3.8) is 0 Å². The number of pyridine rings is 3. The Morgan fingerprint density at radius 2 is 0.602 bits per heavy atom. The largest absolute Gasteiger partial charge is 0.259 e. The molecule has 566 valence electrons. The Kier molecular flexibility index (Phi) is 32.5. The molecule has 4 aliphatic rings. The van der Waals surface area contributed by atoms with E-state index in [4.69, 9.17) is 15.0 Å². The summed E-state index contributed by atoms with van der Waals surface area (Å²) >= 11 is 0. The molecule has 6 aromatic heterocycles. The number of para-hydroxylation sites is 3. The van der Waals surface area contributed by atoms with E-state index in [9.17, 15) is 0 Å². The van der Waals surface area contributed by atoms with Crippen molar-refractivity contribution in [2.24, 2.45) is 0 Å². The van der Waals surface area contributed by atoms with Crippen LogP contribution in [-0.4, -0.2) is 28.7 Å². The molecule has 16 aromatic rings. The predicted octanol–water partition coefficient (Wildman–Crippen LogP) is 28.7. The monoisotopic (exact) mass is 1440 g/mol. The maximum absolute atomic E-state index is 5.21. The smallest absolute Gasteiger partial charge is 0.251 e. The number of aromatic nitrogens is 9. The lowest BCUT2D eigenvalue weighted by Crippen LogP contribution is -2.39. The molecule has 108 heavy (non-hydrogen) atoms. The zero-order valence-electron chi connectivity index (χ0n) is 71.2. The fourth-order valence-corrected chi connectivity index (χ4v) is 15.2. The van der Waals surface area contributed by atoms with E-state index in [-0.39, 0.29) is 23.9 Å². The fraction of sp³-hybridized carbons (Fsp3) is 0.333. The molecule has 0 amide bonds. The van der Waals surface area contributed by atoms with Crippen LogP contribution in [0.1, 0.15) is 230 Å². The zero-order chi connectivity index (χ0) is 79.9. The van der Waals surface area contributed by atoms with E-state index < -0.39 is 0 Å². The van der Waals surface area contributed by atoms with Gasteiger partial charge in [-0.2, -0.15) is 13.7 Å². The first-order valence-electron chi connectivity index (χ1n) is 41.4. The predicted molar refractivity (Wildman–Crippen MR) is 475 cm³/mol. The highest BCUT2D eigenvalue weighted by Gasteiger charge is 2.43. The molecule has 9 heteroatoms. The molecule has 3 unspecified atom stereocenters. The number of imidazole rings is 3. The van der Waals surface area contributed by atoms with Gasteiger partial charge in [-0.25, -0.2) is 15.0 Å². The third kappa shape index (κ3) is 15.2. The van der Waals surface area contributed by atoms with E-state index in [2.05, 4.69) is 293 Å². The van der Waals surface area contributed by atoms with Gasteiger partial charge in [-0.3, -0.25) is 13.7 Å². The molecule has 0 N–H and O–H groups in total. The summed E-state index contributed by atoms with van der Waals surface area (Å²) in [5.41, 5.74) is 19.7. The van der Waals surface area contributed by atoms with Crippen molar-refractivity contribution in [2.75, 3.05) is 0 Å². The molecule has 3 atom stereocenters. The molecule has 0 spiro atoms. The molecule has 9 nitrogen and oxygen atoms in total. The Bertz CT molecular complexity index is 5570. The third-order valence-corrected chi connectivity index (χ3v) is 19.1. The van der Waals surface area contributed by atoms with Gasteiger partial charge in [0, 0.05) is 89.5 Å². The number of benzene rings is 10. The van der Waals surface area contributed by atoms with Crippen molar-refractivity contribution in [3.8, 4) is 45.7 Å². The van der Waals surface area contributed by atoms with E-state index in [0.29, 0.717) is 0 Å². The van der Waals surface area contributed by atoms with E-state index in [1.807, 2.05) is 166 Å². The molecule has 0 bridgehead atoms. The zero-order valence-corrected chi connectivity index (χ0v) is 71.2. The van der Waals surface area contributed by atoms with Gasteiger partial charge in [0.2, 0.25) is 52.5 Å². The molecule has 0 saturated carbocycles. The third-order valence-electron chi connectivity index (χ3n) is 19.1. The van der Waals surface area contributed by atoms with Crippen LogP contribution in [0, 0.1) is 0 Å². The Morgan fingerprint density at radius 1 is 0.278 bits per heavy atom. The summed E-state index contributed by atoms with van der Waals surface area (Å²) in [4.78, 5) is 15.3. The molecule has 3 aliphatic heterocycles. The average molecular weight is 1440 g/mol. The van der Waals surface area contributed by atoms with Crippen LogP contribution in [0.3, 0.4) is 0 Å². The molecule has 9 heterocycles. The lowest BCUT2D eigenvalue weighted by atomic mass is 9.82. The lowest BCUT2D eigenvalue weighted by molar-refractivity contribution is -0.681. The second-order valence-corrected chi connectivity index (χ2v) is 23.8. The first-order chi connectivity index (χ1) is 53.2. The summed E-state index contributed by atoms with van der Waals surface area (Å²) in [6.07, 6.45) is 0.568. The summed E-state index contributed by atoms with van der Waals surface area (Å²) in [5, 5.41) is 11.3. The van der Waals surface area contributed by atoms with Crippen LogP contribution in [0.4, 0.5) is 0 Å². The van der Waals surface area contributed by atoms with Crippen LogP contribution in [-0.2, 0) is 5.41 Å². The Labute approximate surface area is 648 Å². The van der Waals surface area contributed by atoms with Crippen molar-refractivity contribution in [2.45, 2.75) is 225 Å². The van der Waals surface area contributed by atoms with Gasteiger partial charge < -0.3 is 0 Å². The summed E-state index contributed by atoms with van der Waals surface area (Å²) in [5.74, 6) is 3.18. The number of rotatable bonds is 0. The molecule has 1 aliphatic carbocycles. The van der Waals surface area contributed by atoms with Gasteiger partial charge in [-0.15, -0.1) is 0 Å².